The fraction of sp³-hybridized carbons (Fsp3) is 0.455. The van der Waals surface area contributed by atoms with Crippen LogP contribution in [0.2, 0.25) is 10.0 Å². The number of aromatic nitrogens is 1. The normalized spacial score (nSPS) is 14.2. The number of fused-ring (bicyclic) bond motifs is 1. The third-order valence-corrected chi connectivity index (χ3v) is 7.52. The van der Waals surface area contributed by atoms with E-state index in [1.54, 1.807) is 50.5 Å². The van der Waals surface area contributed by atoms with E-state index < -0.39 is 22.0 Å². The minimum absolute atomic E-state index is 0.0359. The Morgan fingerprint density at radius 3 is 2.06 bits per heavy atom. The van der Waals surface area contributed by atoms with E-state index in [0.717, 1.165) is 0 Å². The first-order valence-electron chi connectivity index (χ1n) is 10.7. The van der Waals surface area contributed by atoms with Gasteiger partial charge in [-0.2, -0.15) is 0 Å². The lowest BCUT2D eigenvalue weighted by Crippen LogP contribution is -2.31. The van der Waals surface area contributed by atoms with Gasteiger partial charge in [0.1, 0.15) is 18.2 Å². The van der Waals surface area contributed by atoms with Crippen LogP contribution in [0.1, 0.15) is 38.8 Å². The van der Waals surface area contributed by atoms with Crippen LogP contribution in [0.25, 0.3) is 11.3 Å². The van der Waals surface area contributed by atoms with Crippen molar-refractivity contribution in [1.82, 2.24) is 15.2 Å². The van der Waals surface area contributed by atoms with Gasteiger partial charge in [0, 0.05) is 35.3 Å². The SMILES string of the molecule is CC(C)NC(=O)OCc1c(COC(=O)NC(C)C)c2n(c1-c1ccc(Cl)c(Cl)c1)CCS2(=O)=O. The summed E-state index contributed by atoms with van der Waals surface area (Å²) >= 11 is 12.3. The third-order valence-electron chi connectivity index (χ3n) is 5.00. The van der Waals surface area contributed by atoms with Gasteiger partial charge in [-0.1, -0.05) is 29.3 Å². The molecule has 0 unspecified atom stereocenters. The minimum Gasteiger partial charge on any atom is -0.445 e. The molecule has 2 N–H and O–H groups in total. The van der Waals surface area contributed by atoms with Crippen LogP contribution >= 0.6 is 23.2 Å². The van der Waals surface area contributed by atoms with Gasteiger partial charge in [0.2, 0.25) is 0 Å². The van der Waals surface area contributed by atoms with Crippen molar-refractivity contribution in [2.24, 2.45) is 0 Å². The van der Waals surface area contributed by atoms with Crippen LogP contribution in [0.3, 0.4) is 0 Å². The van der Waals surface area contributed by atoms with E-state index in [2.05, 4.69) is 10.6 Å². The molecule has 9 nitrogen and oxygen atoms in total. The van der Waals surface area contributed by atoms with Crippen molar-refractivity contribution in [1.29, 1.82) is 0 Å². The highest BCUT2D eigenvalue weighted by Gasteiger charge is 2.37. The van der Waals surface area contributed by atoms with Crippen molar-refractivity contribution in [3.05, 3.63) is 39.4 Å². The van der Waals surface area contributed by atoms with E-state index in [9.17, 15) is 18.0 Å². The summed E-state index contributed by atoms with van der Waals surface area (Å²) < 4.78 is 38.3. The summed E-state index contributed by atoms with van der Waals surface area (Å²) in [5.74, 6) is -0.100. The predicted octanol–water partition coefficient (Wildman–Crippen LogP) is 4.52. The number of alkyl carbamates (subject to hydrolysis) is 2. The molecule has 0 atom stereocenters. The molecule has 186 valence electrons. The maximum atomic E-state index is 13.0. The standard InChI is InChI=1S/C22H27Cl2N3O6S/c1-12(2)25-21(28)32-10-15-16(11-33-22(29)26-13(3)4)20-27(7-8-34(20,30)31)19(15)14-5-6-17(23)18(24)9-14/h5-6,9,12-13H,7-8,10-11H2,1-4H3,(H,25,28)(H,26,29). The molecule has 0 spiro atoms. The highest BCUT2D eigenvalue weighted by Crippen LogP contribution is 2.40. The second kappa shape index (κ2) is 10.5. The van der Waals surface area contributed by atoms with Crippen LogP contribution in [0, 0.1) is 0 Å². The number of hydrogen-bond acceptors (Lipinski definition) is 6. The average Bonchev–Trinajstić information content (AvgIpc) is 3.20. The van der Waals surface area contributed by atoms with E-state index in [1.165, 1.54) is 0 Å². The molecule has 0 fully saturated rings. The van der Waals surface area contributed by atoms with Crippen molar-refractivity contribution in [3.63, 3.8) is 0 Å². The first-order chi connectivity index (χ1) is 15.9. The fourth-order valence-electron chi connectivity index (χ4n) is 3.68. The summed E-state index contributed by atoms with van der Waals surface area (Å²) in [6.07, 6.45) is -1.35. The Balaban J connectivity index is 2.12. The molecule has 12 heteroatoms. The van der Waals surface area contributed by atoms with Gasteiger partial charge in [-0.05, 0) is 39.8 Å². The topological polar surface area (TPSA) is 116 Å². The number of benzene rings is 1. The molecule has 0 saturated heterocycles. The second-order valence-electron chi connectivity index (χ2n) is 8.46. The van der Waals surface area contributed by atoms with Gasteiger partial charge in [0.05, 0.1) is 21.5 Å². The van der Waals surface area contributed by atoms with E-state index in [0.29, 0.717) is 21.8 Å². The number of hydrogen-bond donors (Lipinski definition) is 2. The van der Waals surface area contributed by atoms with Crippen molar-refractivity contribution in [2.75, 3.05) is 5.75 Å². The molecule has 1 aromatic heterocycles. The van der Waals surface area contributed by atoms with Gasteiger partial charge in [-0.3, -0.25) is 0 Å². The molecule has 3 rings (SSSR count). The van der Waals surface area contributed by atoms with Gasteiger partial charge in [0.25, 0.3) is 0 Å². The maximum Gasteiger partial charge on any atom is 0.407 e. The fourth-order valence-corrected chi connectivity index (χ4v) is 5.67. The Labute approximate surface area is 208 Å². The molecule has 0 saturated carbocycles. The molecule has 0 aliphatic carbocycles. The maximum absolute atomic E-state index is 13.0. The number of nitrogens with zero attached hydrogens (tertiary/aromatic N) is 1. The van der Waals surface area contributed by atoms with Crippen LogP contribution in [0.15, 0.2) is 23.2 Å². The number of rotatable bonds is 7. The van der Waals surface area contributed by atoms with Gasteiger partial charge >= 0.3 is 12.2 Å². The van der Waals surface area contributed by atoms with Gasteiger partial charge < -0.3 is 24.7 Å². The summed E-state index contributed by atoms with van der Waals surface area (Å²) in [6.45, 7) is 6.75. The van der Waals surface area contributed by atoms with E-state index >= 15 is 0 Å². The smallest absolute Gasteiger partial charge is 0.407 e. The second-order valence-corrected chi connectivity index (χ2v) is 11.3. The highest BCUT2D eigenvalue weighted by atomic mass is 35.5. The van der Waals surface area contributed by atoms with Crippen molar-refractivity contribution < 1.29 is 27.5 Å². The largest absolute Gasteiger partial charge is 0.445 e. The Hall–Kier alpha value is -2.43. The molecule has 1 aliphatic heterocycles. The molecule has 2 aromatic rings. The summed E-state index contributed by atoms with van der Waals surface area (Å²) in [5, 5.41) is 5.89. The molecular weight excluding hydrogens is 505 g/mol. The lowest BCUT2D eigenvalue weighted by atomic mass is 10.1. The number of sulfone groups is 1. The lowest BCUT2D eigenvalue weighted by molar-refractivity contribution is 0.129. The first-order valence-corrected chi connectivity index (χ1v) is 13.1. The molecule has 2 amide bonds. The van der Waals surface area contributed by atoms with Gasteiger partial charge in [0.15, 0.2) is 9.84 Å². The van der Waals surface area contributed by atoms with Crippen molar-refractivity contribution >= 4 is 45.2 Å². The quantitative estimate of drug-likeness (QED) is 0.542. The molecule has 0 bridgehead atoms. The van der Waals surface area contributed by atoms with E-state index in [1.807, 2.05) is 0 Å². The summed E-state index contributed by atoms with van der Waals surface area (Å²) in [4.78, 5) is 24.3. The third kappa shape index (κ3) is 5.79. The van der Waals surface area contributed by atoms with Crippen LogP contribution < -0.4 is 10.6 Å². The zero-order chi connectivity index (χ0) is 25.2. The van der Waals surface area contributed by atoms with Crippen molar-refractivity contribution in [3.8, 4) is 11.3 Å². The van der Waals surface area contributed by atoms with Crippen LogP contribution in [-0.4, -0.2) is 43.0 Å². The molecule has 2 heterocycles. The number of carbonyl (C=O) groups excluding carboxylic acids is 2. The molecule has 1 aliphatic rings. The summed E-state index contributed by atoms with van der Waals surface area (Å²) in [6, 6.07) is 4.61. The molecule has 1 aromatic carbocycles. The van der Waals surface area contributed by atoms with Gasteiger partial charge in [-0.25, -0.2) is 18.0 Å². The monoisotopic (exact) mass is 531 g/mol. The Morgan fingerprint density at radius 1 is 0.971 bits per heavy atom. The Morgan fingerprint density at radius 2 is 1.53 bits per heavy atom. The number of nitrogens with one attached hydrogen (secondary N) is 2. The van der Waals surface area contributed by atoms with Crippen LogP contribution in [0.5, 0.6) is 0 Å². The first kappa shape index (κ1) is 26.2. The number of carbonyl (C=O) groups is 2. The van der Waals surface area contributed by atoms with Gasteiger partial charge in [-0.15, -0.1) is 0 Å². The van der Waals surface area contributed by atoms with Crippen LogP contribution in [0.4, 0.5) is 9.59 Å². The number of ether oxygens (including phenoxy) is 2. The number of amides is 2. The number of halogens is 2. The zero-order valence-corrected chi connectivity index (χ0v) is 21.6. The molecular formula is C22H27Cl2N3O6S. The lowest BCUT2D eigenvalue weighted by Gasteiger charge is -2.14. The van der Waals surface area contributed by atoms with Crippen molar-refractivity contribution in [2.45, 2.75) is 64.6 Å². The molecule has 0 radical (unpaired) electrons. The van der Waals surface area contributed by atoms with E-state index in [4.69, 9.17) is 32.7 Å². The average molecular weight is 532 g/mol. The van der Waals surface area contributed by atoms with E-state index in [-0.39, 0.29) is 53.2 Å². The summed E-state index contributed by atoms with van der Waals surface area (Å²) in [5.41, 5.74) is 1.77. The predicted molar refractivity (Wildman–Crippen MR) is 129 cm³/mol. The Bertz CT molecular complexity index is 1210. The molecule has 34 heavy (non-hydrogen) atoms. The Kier molecular flexibility index (Phi) is 8.05. The zero-order valence-electron chi connectivity index (χ0n) is 19.3. The summed E-state index contributed by atoms with van der Waals surface area (Å²) in [7, 11) is -3.66. The van der Waals surface area contributed by atoms with Crippen LogP contribution in [-0.2, 0) is 39.1 Å². The minimum atomic E-state index is -3.66. The highest BCUT2D eigenvalue weighted by molar-refractivity contribution is 7.91.